The fraction of sp³-hybridized carbons (Fsp3) is 0.417. The van der Waals surface area contributed by atoms with Crippen LogP contribution >= 0.6 is 0 Å². The number of hydrogen-bond donors (Lipinski definition) is 0. The lowest BCUT2D eigenvalue weighted by molar-refractivity contribution is -0.152. The standard InChI is InChI=1S/C24H25NO4/c1-2-3-6-14-28-23(27)20-19-12-13-24(29-19)15-25(22(26)21(20)24)18-11-7-9-16-8-4-5-10-17(16)18/h4-5,7-13,19-21H,2-3,6,14-15H2,1H3. The highest BCUT2D eigenvalue weighted by atomic mass is 16.6. The van der Waals surface area contributed by atoms with E-state index in [0.717, 1.165) is 35.7 Å². The van der Waals surface area contributed by atoms with Crippen LogP contribution in [0.15, 0.2) is 54.6 Å². The molecule has 2 aromatic carbocycles. The van der Waals surface area contributed by atoms with Crippen LogP contribution in [0, 0.1) is 11.8 Å². The van der Waals surface area contributed by atoms with E-state index in [4.69, 9.17) is 9.47 Å². The highest BCUT2D eigenvalue weighted by molar-refractivity contribution is 6.08. The number of nitrogens with zero attached hydrogens (tertiary/aromatic N) is 1. The lowest BCUT2D eigenvalue weighted by atomic mass is 9.77. The van der Waals surface area contributed by atoms with E-state index >= 15 is 0 Å². The van der Waals surface area contributed by atoms with Crippen LogP contribution in [0.25, 0.3) is 10.8 Å². The Kier molecular flexibility index (Phi) is 4.43. The Morgan fingerprint density at radius 3 is 2.90 bits per heavy atom. The van der Waals surface area contributed by atoms with E-state index in [1.54, 1.807) is 4.90 Å². The van der Waals surface area contributed by atoms with Crippen molar-refractivity contribution in [2.45, 2.75) is 37.9 Å². The highest BCUT2D eigenvalue weighted by Crippen LogP contribution is 2.53. The third-order valence-electron chi connectivity index (χ3n) is 6.42. The van der Waals surface area contributed by atoms with Gasteiger partial charge in [0.05, 0.1) is 30.9 Å². The maximum Gasteiger partial charge on any atom is 0.312 e. The van der Waals surface area contributed by atoms with Crippen molar-refractivity contribution in [2.24, 2.45) is 11.8 Å². The molecule has 0 N–H and O–H groups in total. The molecule has 29 heavy (non-hydrogen) atoms. The first-order chi connectivity index (χ1) is 14.1. The Morgan fingerprint density at radius 1 is 1.21 bits per heavy atom. The van der Waals surface area contributed by atoms with Crippen LogP contribution in [0.1, 0.15) is 26.2 Å². The summed E-state index contributed by atoms with van der Waals surface area (Å²) in [5, 5.41) is 2.11. The van der Waals surface area contributed by atoms with Crippen LogP contribution < -0.4 is 4.90 Å². The Balaban J connectivity index is 1.44. The summed E-state index contributed by atoms with van der Waals surface area (Å²) in [7, 11) is 0. The molecule has 3 aliphatic heterocycles. The molecule has 0 aliphatic carbocycles. The van der Waals surface area contributed by atoms with Gasteiger partial charge in [-0.1, -0.05) is 68.3 Å². The molecule has 5 heteroatoms. The summed E-state index contributed by atoms with van der Waals surface area (Å²) in [5.74, 6) is -1.44. The number of benzene rings is 2. The summed E-state index contributed by atoms with van der Waals surface area (Å²) >= 11 is 0. The van der Waals surface area contributed by atoms with Crippen molar-refractivity contribution >= 4 is 28.3 Å². The zero-order valence-corrected chi connectivity index (χ0v) is 16.5. The molecule has 5 rings (SSSR count). The molecule has 0 saturated carbocycles. The number of ether oxygens (including phenoxy) is 2. The highest BCUT2D eigenvalue weighted by Gasteiger charge is 2.67. The second-order valence-corrected chi connectivity index (χ2v) is 8.20. The zero-order valence-electron chi connectivity index (χ0n) is 16.5. The van der Waals surface area contributed by atoms with Gasteiger partial charge >= 0.3 is 5.97 Å². The zero-order chi connectivity index (χ0) is 20.0. The van der Waals surface area contributed by atoms with E-state index in [1.807, 2.05) is 54.6 Å². The number of esters is 1. The Morgan fingerprint density at radius 2 is 2.03 bits per heavy atom. The number of hydrogen-bond acceptors (Lipinski definition) is 4. The number of rotatable bonds is 6. The second kappa shape index (κ2) is 6.99. The number of carbonyl (C=O) groups excluding carboxylic acids is 2. The summed E-state index contributed by atoms with van der Waals surface area (Å²) in [6.45, 7) is 2.94. The summed E-state index contributed by atoms with van der Waals surface area (Å²) in [6, 6.07) is 14.0. The van der Waals surface area contributed by atoms with Crippen LogP contribution in [-0.2, 0) is 19.1 Å². The van der Waals surface area contributed by atoms with Crippen molar-refractivity contribution in [2.75, 3.05) is 18.1 Å². The van der Waals surface area contributed by atoms with E-state index < -0.39 is 17.4 Å². The van der Waals surface area contributed by atoms with Crippen LogP contribution in [-0.4, -0.2) is 36.7 Å². The molecule has 0 aromatic heterocycles. The summed E-state index contributed by atoms with van der Waals surface area (Å²) in [6.07, 6.45) is 6.48. The van der Waals surface area contributed by atoms with E-state index in [-0.39, 0.29) is 18.0 Å². The fourth-order valence-electron chi connectivity index (χ4n) is 5.04. The van der Waals surface area contributed by atoms with Gasteiger partial charge < -0.3 is 14.4 Å². The van der Waals surface area contributed by atoms with Crippen molar-refractivity contribution in [1.29, 1.82) is 0 Å². The van der Waals surface area contributed by atoms with Crippen molar-refractivity contribution < 1.29 is 19.1 Å². The average Bonchev–Trinajstić information content (AvgIpc) is 3.39. The smallest absolute Gasteiger partial charge is 0.312 e. The SMILES string of the molecule is CCCCCOC(=O)C1C2C=CC3(CN(c4cccc5ccccc45)C(=O)C13)O2. The van der Waals surface area contributed by atoms with E-state index in [9.17, 15) is 9.59 Å². The molecular weight excluding hydrogens is 366 g/mol. The van der Waals surface area contributed by atoms with Crippen molar-refractivity contribution in [3.05, 3.63) is 54.6 Å². The van der Waals surface area contributed by atoms with Crippen LogP contribution in [0.4, 0.5) is 5.69 Å². The predicted molar refractivity (Wildman–Crippen MR) is 111 cm³/mol. The molecule has 4 atom stereocenters. The van der Waals surface area contributed by atoms with Gasteiger partial charge in [0.2, 0.25) is 5.91 Å². The topological polar surface area (TPSA) is 55.8 Å². The average molecular weight is 391 g/mol. The van der Waals surface area contributed by atoms with Gasteiger partial charge in [-0.3, -0.25) is 9.59 Å². The van der Waals surface area contributed by atoms with Crippen LogP contribution in [0.3, 0.4) is 0 Å². The molecule has 4 unspecified atom stereocenters. The molecule has 150 valence electrons. The lowest BCUT2D eigenvalue weighted by Crippen LogP contribution is -2.40. The number of amides is 1. The number of unbranched alkanes of at least 4 members (excludes halogenated alkanes) is 2. The Labute approximate surface area is 170 Å². The second-order valence-electron chi connectivity index (χ2n) is 8.20. The van der Waals surface area contributed by atoms with E-state index in [2.05, 4.69) is 6.92 Å². The van der Waals surface area contributed by atoms with Gasteiger partial charge in [-0.15, -0.1) is 0 Å². The van der Waals surface area contributed by atoms with Crippen LogP contribution in [0.5, 0.6) is 0 Å². The van der Waals surface area contributed by atoms with Crippen molar-refractivity contribution in [1.82, 2.24) is 0 Å². The summed E-state index contributed by atoms with van der Waals surface area (Å²) < 4.78 is 11.7. The van der Waals surface area contributed by atoms with Crippen molar-refractivity contribution in [3.8, 4) is 0 Å². The lowest BCUT2D eigenvalue weighted by Gasteiger charge is -2.23. The summed E-state index contributed by atoms with van der Waals surface area (Å²) in [5.41, 5.74) is 0.138. The minimum absolute atomic E-state index is 0.0521. The molecule has 2 bridgehead atoms. The maximum absolute atomic E-state index is 13.5. The first-order valence-electron chi connectivity index (χ1n) is 10.5. The Hall–Kier alpha value is -2.66. The third kappa shape index (κ3) is 2.79. The van der Waals surface area contributed by atoms with Gasteiger partial charge in [0.15, 0.2) is 0 Å². The first-order valence-corrected chi connectivity index (χ1v) is 10.5. The minimum atomic E-state index is -0.730. The number of fused-ring (bicyclic) bond motifs is 2. The third-order valence-corrected chi connectivity index (χ3v) is 6.42. The molecule has 0 radical (unpaired) electrons. The summed E-state index contributed by atoms with van der Waals surface area (Å²) in [4.78, 5) is 28.1. The predicted octanol–water partition coefficient (Wildman–Crippen LogP) is 3.86. The van der Waals surface area contributed by atoms with Gasteiger partial charge in [-0.05, 0) is 17.9 Å². The van der Waals surface area contributed by atoms with Gasteiger partial charge in [-0.25, -0.2) is 0 Å². The van der Waals surface area contributed by atoms with Gasteiger partial charge in [0.1, 0.15) is 11.5 Å². The maximum atomic E-state index is 13.5. The largest absolute Gasteiger partial charge is 0.465 e. The Bertz CT molecular complexity index is 994. The molecular formula is C24H25NO4. The van der Waals surface area contributed by atoms with Crippen LogP contribution in [0.2, 0.25) is 0 Å². The molecule has 3 heterocycles. The molecule has 2 fully saturated rings. The quantitative estimate of drug-likeness (QED) is 0.426. The van der Waals surface area contributed by atoms with Gasteiger partial charge in [0.25, 0.3) is 0 Å². The van der Waals surface area contributed by atoms with E-state index in [1.165, 1.54) is 0 Å². The van der Waals surface area contributed by atoms with Gasteiger partial charge in [0, 0.05) is 5.39 Å². The molecule has 2 aromatic rings. The molecule has 1 spiro atoms. The van der Waals surface area contributed by atoms with E-state index in [0.29, 0.717) is 13.2 Å². The molecule has 3 aliphatic rings. The monoisotopic (exact) mass is 391 g/mol. The fourth-order valence-corrected chi connectivity index (χ4v) is 5.04. The number of carbonyl (C=O) groups is 2. The minimum Gasteiger partial charge on any atom is -0.465 e. The van der Waals surface area contributed by atoms with Gasteiger partial charge in [-0.2, -0.15) is 0 Å². The van der Waals surface area contributed by atoms with Crippen molar-refractivity contribution in [3.63, 3.8) is 0 Å². The number of anilines is 1. The normalized spacial score (nSPS) is 29.6. The molecule has 1 amide bonds. The molecule has 2 saturated heterocycles. The molecule has 5 nitrogen and oxygen atoms in total. The first kappa shape index (κ1) is 18.4.